The van der Waals surface area contributed by atoms with Crippen LogP contribution in [0.15, 0.2) is 60.7 Å². The van der Waals surface area contributed by atoms with Gasteiger partial charge in [0.1, 0.15) is 5.69 Å². The van der Waals surface area contributed by atoms with Crippen LogP contribution in [-0.4, -0.2) is 32.0 Å². The molecule has 156 valence electrons. The molecule has 0 N–H and O–H groups in total. The fraction of sp³-hybridized carbons (Fsp3) is 0.240. The highest BCUT2D eigenvalue weighted by Gasteiger charge is 2.08. The molecule has 0 atom stereocenters. The summed E-state index contributed by atoms with van der Waals surface area (Å²) in [6.07, 6.45) is 2.68. The minimum absolute atomic E-state index is 0.545. The maximum Gasteiger partial charge on any atom is 0.216 e. The minimum Gasteiger partial charge on any atom is -0.481 e. The van der Waals surface area contributed by atoms with E-state index in [-0.39, 0.29) is 0 Å². The summed E-state index contributed by atoms with van der Waals surface area (Å²) in [6, 6.07) is 19.9. The van der Waals surface area contributed by atoms with Crippen LogP contribution in [-0.2, 0) is 12.8 Å². The van der Waals surface area contributed by atoms with Crippen LogP contribution >= 0.6 is 0 Å². The fourth-order valence-corrected chi connectivity index (χ4v) is 3.40. The van der Waals surface area contributed by atoms with Gasteiger partial charge in [0.15, 0.2) is 5.82 Å². The topological polar surface area (TPSA) is 73.7 Å². The van der Waals surface area contributed by atoms with E-state index in [2.05, 4.69) is 21.0 Å². The van der Waals surface area contributed by atoms with E-state index < -0.39 is 0 Å². The van der Waals surface area contributed by atoms with Gasteiger partial charge in [0.2, 0.25) is 5.88 Å². The number of hydrogen-bond acceptors (Lipinski definition) is 6. The van der Waals surface area contributed by atoms with Crippen molar-refractivity contribution >= 4 is 0 Å². The first-order valence-electron chi connectivity index (χ1n) is 10.4. The molecule has 0 aliphatic heterocycles. The van der Waals surface area contributed by atoms with Crippen LogP contribution in [0.1, 0.15) is 29.2 Å². The van der Waals surface area contributed by atoms with E-state index in [1.807, 2.05) is 62.4 Å². The second-order valence-corrected chi connectivity index (χ2v) is 7.42. The zero-order chi connectivity index (χ0) is 21.6. The Hall–Kier alpha value is -3.67. The van der Waals surface area contributed by atoms with Gasteiger partial charge in [0.05, 0.1) is 18.5 Å². The van der Waals surface area contributed by atoms with Gasteiger partial charge in [-0.15, -0.1) is 0 Å². The number of aryl methyl sites for hydroxylation is 4. The fourth-order valence-electron chi connectivity index (χ4n) is 3.40. The molecule has 0 amide bonds. The van der Waals surface area contributed by atoms with E-state index >= 15 is 0 Å². The third-order valence-electron chi connectivity index (χ3n) is 4.90. The minimum atomic E-state index is 0.545. The van der Waals surface area contributed by atoms with E-state index in [1.165, 1.54) is 0 Å². The first kappa shape index (κ1) is 20.6. The Bertz CT molecular complexity index is 1190. The molecule has 0 bridgehead atoms. The lowest BCUT2D eigenvalue weighted by Crippen LogP contribution is -2.00. The van der Waals surface area contributed by atoms with E-state index in [9.17, 15) is 0 Å². The first-order chi connectivity index (χ1) is 15.1. The van der Waals surface area contributed by atoms with Crippen molar-refractivity contribution in [3.8, 4) is 28.8 Å². The van der Waals surface area contributed by atoms with Crippen LogP contribution in [0.2, 0.25) is 0 Å². The Morgan fingerprint density at radius 2 is 1.26 bits per heavy atom. The molecule has 0 aliphatic carbocycles. The predicted octanol–water partition coefficient (Wildman–Crippen LogP) is 4.80. The van der Waals surface area contributed by atoms with Gasteiger partial charge in [-0.05, 0) is 69.5 Å². The number of hydrogen-bond donors (Lipinski definition) is 0. The Balaban J connectivity index is 1.43. The summed E-state index contributed by atoms with van der Waals surface area (Å²) in [7, 11) is 1.60. The van der Waals surface area contributed by atoms with Gasteiger partial charge in [-0.1, -0.05) is 18.2 Å². The number of methoxy groups -OCH3 is 1. The van der Waals surface area contributed by atoms with Crippen LogP contribution in [0.4, 0.5) is 0 Å². The van der Waals surface area contributed by atoms with Gasteiger partial charge in [0, 0.05) is 28.8 Å². The number of pyridine rings is 3. The number of rotatable bonds is 7. The third kappa shape index (κ3) is 5.28. The lowest BCUT2D eigenvalue weighted by molar-refractivity contribution is 0.397. The van der Waals surface area contributed by atoms with Gasteiger partial charge >= 0.3 is 0 Å². The van der Waals surface area contributed by atoms with Crippen molar-refractivity contribution in [2.45, 2.75) is 33.1 Å². The Morgan fingerprint density at radius 3 is 1.94 bits per heavy atom. The van der Waals surface area contributed by atoms with Crippen LogP contribution in [0.5, 0.6) is 5.88 Å². The highest BCUT2D eigenvalue weighted by molar-refractivity contribution is 5.54. The molecule has 6 heteroatoms. The van der Waals surface area contributed by atoms with Crippen molar-refractivity contribution in [2.24, 2.45) is 0 Å². The molecule has 0 spiro atoms. The van der Waals surface area contributed by atoms with E-state index in [0.29, 0.717) is 11.7 Å². The molecule has 0 saturated heterocycles. The summed E-state index contributed by atoms with van der Waals surface area (Å²) in [4.78, 5) is 23.0. The van der Waals surface area contributed by atoms with Gasteiger partial charge < -0.3 is 4.74 Å². The van der Waals surface area contributed by atoms with Crippen LogP contribution in [0, 0.1) is 13.8 Å². The van der Waals surface area contributed by atoms with E-state index in [0.717, 1.165) is 59.1 Å². The molecule has 4 rings (SSSR count). The van der Waals surface area contributed by atoms with Gasteiger partial charge in [-0.3, -0.25) is 9.97 Å². The lowest BCUT2D eigenvalue weighted by atomic mass is 10.1. The molecule has 0 aliphatic rings. The standard InChI is InChI=1S/C25H25N5O/c1-17-8-4-13-21(26-17)22-14-6-11-19(28-22)9-5-10-20-12-7-15-23(29-20)25-27-18(2)16-24(30-25)31-3/h4,6-8,11-16H,5,9-10H2,1-3H3. The smallest absolute Gasteiger partial charge is 0.216 e. The van der Waals surface area contributed by atoms with Crippen molar-refractivity contribution in [1.29, 1.82) is 0 Å². The largest absolute Gasteiger partial charge is 0.481 e. The van der Waals surface area contributed by atoms with Crippen molar-refractivity contribution in [2.75, 3.05) is 7.11 Å². The third-order valence-corrected chi connectivity index (χ3v) is 4.90. The molecule has 0 radical (unpaired) electrons. The molecule has 0 saturated carbocycles. The molecule has 31 heavy (non-hydrogen) atoms. The molecule has 4 heterocycles. The summed E-state index contributed by atoms with van der Waals surface area (Å²) < 4.78 is 5.26. The molecule has 0 unspecified atom stereocenters. The van der Waals surface area contributed by atoms with Crippen molar-refractivity contribution < 1.29 is 4.74 Å². The Labute approximate surface area is 182 Å². The SMILES string of the molecule is COc1cc(C)nc(-c2cccc(CCCc3cccc(-c4cccc(C)n4)n3)n2)n1. The predicted molar refractivity (Wildman–Crippen MR) is 121 cm³/mol. The molecule has 4 aromatic heterocycles. The highest BCUT2D eigenvalue weighted by Crippen LogP contribution is 2.19. The van der Waals surface area contributed by atoms with Crippen molar-refractivity contribution in [1.82, 2.24) is 24.9 Å². The summed E-state index contributed by atoms with van der Waals surface area (Å²) in [5, 5.41) is 0. The summed E-state index contributed by atoms with van der Waals surface area (Å²) >= 11 is 0. The number of nitrogens with zero attached hydrogens (tertiary/aromatic N) is 5. The van der Waals surface area contributed by atoms with E-state index in [4.69, 9.17) is 14.7 Å². The van der Waals surface area contributed by atoms with E-state index in [1.54, 1.807) is 13.2 Å². The van der Waals surface area contributed by atoms with Gasteiger partial charge in [-0.25, -0.2) is 9.97 Å². The Morgan fingerprint density at radius 1 is 0.645 bits per heavy atom. The monoisotopic (exact) mass is 411 g/mol. The van der Waals surface area contributed by atoms with Gasteiger partial charge in [-0.2, -0.15) is 4.98 Å². The Kier molecular flexibility index (Phi) is 6.26. The maximum absolute atomic E-state index is 5.26. The quantitative estimate of drug-likeness (QED) is 0.435. The summed E-state index contributed by atoms with van der Waals surface area (Å²) in [5.41, 5.74) is 6.48. The number of aromatic nitrogens is 5. The van der Waals surface area contributed by atoms with Gasteiger partial charge in [0.25, 0.3) is 0 Å². The van der Waals surface area contributed by atoms with Crippen LogP contribution in [0.3, 0.4) is 0 Å². The average Bonchev–Trinajstić information content (AvgIpc) is 2.79. The van der Waals surface area contributed by atoms with Crippen molar-refractivity contribution in [3.05, 3.63) is 83.4 Å². The zero-order valence-corrected chi connectivity index (χ0v) is 18.0. The average molecular weight is 412 g/mol. The summed E-state index contributed by atoms with van der Waals surface area (Å²) in [5.74, 6) is 1.13. The van der Waals surface area contributed by atoms with Crippen LogP contribution < -0.4 is 4.74 Å². The summed E-state index contributed by atoms with van der Waals surface area (Å²) in [6.45, 7) is 3.91. The maximum atomic E-state index is 5.26. The van der Waals surface area contributed by atoms with Crippen LogP contribution in [0.25, 0.3) is 22.9 Å². The molecule has 6 nitrogen and oxygen atoms in total. The first-order valence-corrected chi connectivity index (χ1v) is 10.4. The van der Waals surface area contributed by atoms with Crippen molar-refractivity contribution in [3.63, 3.8) is 0 Å². The molecule has 0 aromatic carbocycles. The second kappa shape index (κ2) is 9.43. The molecule has 4 aromatic rings. The molecular weight excluding hydrogens is 386 g/mol. The normalized spacial score (nSPS) is 10.8. The lowest BCUT2D eigenvalue weighted by Gasteiger charge is -2.07. The number of ether oxygens (including phenoxy) is 1. The zero-order valence-electron chi connectivity index (χ0n) is 18.0. The molecular formula is C25H25N5O. The second-order valence-electron chi connectivity index (χ2n) is 7.42. The highest BCUT2D eigenvalue weighted by atomic mass is 16.5. The molecule has 0 fully saturated rings.